The molecule has 3 N–H and O–H groups in total. The topological polar surface area (TPSA) is 140 Å². The van der Waals surface area contributed by atoms with Crippen LogP contribution in [0.4, 0.5) is 0 Å². The van der Waals surface area contributed by atoms with Crippen molar-refractivity contribution in [3.63, 3.8) is 0 Å². The Morgan fingerprint density at radius 3 is 0.788 bits per heavy atom. The van der Waals surface area contributed by atoms with Crippen LogP contribution >= 0.6 is 0 Å². The molecule has 0 aromatic carbocycles. The minimum Gasteiger partial charge on any atom is -0.461 e. The zero-order valence-corrected chi connectivity index (χ0v) is 44.3. The van der Waals surface area contributed by atoms with E-state index in [4.69, 9.17) is 14.2 Å². The van der Waals surface area contributed by atoms with Gasteiger partial charge in [0.05, 0.1) is 36.1 Å². The summed E-state index contributed by atoms with van der Waals surface area (Å²) in [7, 11) is 0. The van der Waals surface area contributed by atoms with Gasteiger partial charge in [0, 0.05) is 0 Å². The van der Waals surface area contributed by atoms with Crippen LogP contribution in [0.3, 0.4) is 0 Å². The maximum atomic E-state index is 14.2. The number of hydrogen-bond acceptors (Lipinski definition) is 9. The molecule has 0 saturated heterocycles. The highest BCUT2D eigenvalue weighted by Gasteiger charge is 2.34. The second-order valence-corrected chi connectivity index (χ2v) is 20.1. The van der Waals surface area contributed by atoms with Crippen LogP contribution in [0.2, 0.25) is 0 Å². The fourth-order valence-electron chi connectivity index (χ4n) is 9.24. The van der Waals surface area contributed by atoms with Crippen LogP contribution in [-0.4, -0.2) is 70.9 Å². The molecule has 0 aliphatic heterocycles. The van der Waals surface area contributed by atoms with Gasteiger partial charge in [0.2, 0.25) is 0 Å². The van der Waals surface area contributed by atoms with Crippen molar-refractivity contribution in [3.8, 4) is 0 Å². The Balaban J connectivity index is 6.37. The van der Waals surface area contributed by atoms with Crippen molar-refractivity contribution in [2.24, 2.45) is 17.8 Å². The molecule has 0 heterocycles. The molecule has 0 saturated carbocycles. The third kappa shape index (κ3) is 35.4. The molecule has 0 aliphatic rings. The Labute approximate surface area is 407 Å². The number of hydrogen-bond donors (Lipinski definition) is 3. The lowest BCUT2D eigenvalue weighted by molar-refractivity contribution is -0.177. The number of ether oxygens (including phenoxy) is 3. The van der Waals surface area contributed by atoms with Crippen LogP contribution in [0, 0.1) is 17.8 Å². The molecule has 0 fully saturated rings. The second-order valence-electron chi connectivity index (χ2n) is 20.1. The van der Waals surface area contributed by atoms with Crippen LogP contribution in [0.15, 0.2) is 0 Å². The first-order valence-electron chi connectivity index (χ1n) is 28.7. The fourth-order valence-corrected chi connectivity index (χ4v) is 9.24. The van der Waals surface area contributed by atoms with E-state index in [0.29, 0.717) is 38.5 Å². The number of esters is 3. The molecule has 0 amide bonds. The number of aliphatic hydroxyl groups excluding tert-OH is 3. The second kappa shape index (κ2) is 47.0. The van der Waals surface area contributed by atoms with Gasteiger partial charge in [-0.1, -0.05) is 253 Å². The van der Waals surface area contributed by atoms with Gasteiger partial charge in [0.25, 0.3) is 0 Å². The third-order valence-corrected chi connectivity index (χ3v) is 13.8. The smallest absolute Gasteiger partial charge is 0.312 e. The van der Waals surface area contributed by atoms with Crippen LogP contribution in [0.1, 0.15) is 292 Å². The number of unbranched alkanes of at least 4 members (excludes halogenated alkanes) is 27. The predicted molar refractivity (Wildman–Crippen MR) is 274 cm³/mol. The summed E-state index contributed by atoms with van der Waals surface area (Å²) in [6.07, 6.45) is 34.3. The van der Waals surface area contributed by atoms with Gasteiger partial charge >= 0.3 is 17.9 Å². The minimum atomic E-state index is -1.10. The van der Waals surface area contributed by atoms with E-state index in [2.05, 4.69) is 41.5 Å². The molecular formula is C57H110O9. The van der Waals surface area contributed by atoms with Gasteiger partial charge in [-0.2, -0.15) is 0 Å². The summed E-state index contributed by atoms with van der Waals surface area (Å²) in [4.78, 5) is 42.1. The maximum absolute atomic E-state index is 14.2. The summed E-state index contributed by atoms with van der Waals surface area (Å²) in [5, 5.41) is 34.2. The molecule has 9 nitrogen and oxygen atoms in total. The molecule has 0 rings (SSSR count). The molecule has 0 bridgehead atoms. The van der Waals surface area contributed by atoms with E-state index in [9.17, 15) is 29.7 Å². The monoisotopic (exact) mass is 939 g/mol. The molecular weight excluding hydrogens is 829 g/mol. The van der Waals surface area contributed by atoms with E-state index in [1.54, 1.807) is 0 Å². The van der Waals surface area contributed by atoms with Crippen LogP contribution in [-0.2, 0) is 28.6 Å². The van der Waals surface area contributed by atoms with Gasteiger partial charge in [-0.05, 0) is 38.5 Å². The Kier molecular flexibility index (Phi) is 45.8. The van der Waals surface area contributed by atoms with Gasteiger partial charge in [0.1, 0.15) is 13.2 Å². The Hall–Kier alpha value is -1.71. The van der Waals surface area contributed by atoms with Crippen molar-refractivity contribution in [2.75, 3.05) is 13.2 Å². The number of carbonyl (C=O) groups is 3. The number of aliphatic hydroxyl groups is 3. The Morgan fingerprint density at radius 2 is 0.515 bits per heavy atom. The molecule has 392 valence electrons. The van der Waals surface area contributed by atoms with Gasteiger partial charge in [-0.15, -0.1) is 0 Å². The normalized spacial score (nSPS) is 14.9. The van der Waals surface area contributed by atoms with Crippen LogP contribution in [0.5, 0.6) is 0 Å². The van der Waals surface area contributed by atoms with Crippen molar-refractivity contribution in [2.45, 2.75) is 316 Å². The largest absolute Gasteiger partial charge is 0.461 e. The average molecular weight is 939 g/mol. The first-order chi connectivity index (χ1) is 32.1. The quantitative estimate of drug-likeness (QED) is 0.0309. The van der Waals surface area contributed by atoms with E-state index in [1.807, 2.05) is 0 Å². The van der Waals surface area contributed by atoms with E-state index in [1.165, 1.54) is 57.8 Å². The van der Waals surface area contributed by atoms with E-state index < -0.39 is 60.1 Å². The molecule has 6 atom stereocenters. The van der Waals surface area contributed by atoms with Gasteiger partial charge in [0.15, 0.2) is 6.10 Å². The van der Waals surface area contributed by atoms with Gasteiger partial charge in [-0.25, -0.2) is 0 Å². The van der Waals surface area contributed by atoms with Gasteiger partial charge < -0.3 is 29.5 Å². The molecule has 66 heavy (non-hydrogen) atoms. The molecule has 0 aromatic rings. The molecule has 0 aromatic heterocycles. The lowest BCUT2D eigenvalue weighted by Gasteiger charge is -2.27. The van der Waals surface area contributed by atoms with Crippen molar-refractivity contribution < 1.29 is 43.9 Å². The number of carbonyl (C=O) groups excluding carboxylic acids is 3. The Bertz CT molecular complexity index is 1030. The zero-order valence-electron chi connectivity index (χ0n) is 44.3. The summed E-state index contributed by atoms with van der Waals surface area (Å²) in [6, 6.07) is 0. The fraction of sp³-hybridized carbons (Fsp3) is 0.947. The average Bonchev–Trinajstić information content (AvgIpc) is 3.31. The summed E-state index contributed by atoms with van der Waals surface area (Å²) < 4.78 is 18.1. The summed E-state index contributed by atoms with van der Waals surface area (Å²) in [5.41, 5.74) is 0. The molecule has 0 aliphatic carbocycles. The van der Waals surface area contributed by atoms with Crippen LogP contribution in [0.25, 0.3) is 0 Å². The highest BCUT2D eigenvalue weighted by atomic mass is 16.6. The lowest BCUT2D eigenvalue weighted by atomic mass is 9.91. The van der Waals surface area contributed by atoms with Crippen molar-refractivity contribution in [1.29, 1.82) is 0 Å². The first-order valence-corrected chi connectivity index (χ1v) is 28.7. The lowest BCUT2D eigenvalue weighted by Crippen LogP contribution is -2.39. The highest BCUT2D eigenvalue weighted by molar-refractivity contribution is 5.75. The van der Waals surface area contributed by atoms with E-state index in [-0.39, 0.29) is 13.2 Å². The third-order valence-electron chi connectivity index (χ3n) is 13.8. The highest BCUT2D eigenvalue weighted by Crippen LogP contribution is 2.26. The number of rotatable bonds is 50. The van der Waals surface area contributed by atoms with Crippen LogP contribution < -0.4 is 0 Å². The van der Waals surface area contributed by atoms with Gasteiger partial charge in [-0.3, -0.25) is 14.4 Å². The van der Waals surface area contributed by atoms with E-state index >= 15 is 0 Å². The summed E-state index contributed by atoms with van der Waals surface area (Å²) in [5.74, 6) is -3.76. The molecule has 9 heteroatoms. The predicted octanol–water partition coefficient (Wildman–Crippen LogP) is 15.2. The van der Waals surface area contributed by atoms with Crippen molar-refractivity contribution in [3.05, 3.63) is 0 Å². The molecule has 0 spiro atoms. The Morgan fingerprint density at radius 1 is 0.303 bits per heavy atom. The first kappa shape index (κ1) is 64.3. The zero-order chi connectivity index (χ0) is 48.9. The SMILES string of the molecule is CCCCCCCCCC(C(=O)OCC(COC(=O)C(CCCCCCCCC)C(O)CCCCCC)OC(=O)C(CCCCCCCCC)C(O)CCCCCC)C(O)CCCCCC. The molecule has 6 unspecified atom stereocenters. The standard InChI is InChI=1S/C57H110O9/c1-7-13-19-25-28-31-34-40-49(52(58)43-37-22-16-10-4)55(61)64-46-48(66-57(63)51(54(60)45-39-24-18-12-6)42-36-33-30-27-21-15-9-3)47-65-56(62)50(53(59)44-38-23-17-11-5)41-35-32-29-26-20-14-8-2/h48-54,58-60H,7-47H2,1-6H3. The van der Waals surface area contributed by atoms with Crippen molar-refractivity contribution in [1.82, 2.24) is 0 Å². The summed E-state index contributed by atoms with van der Waals surface area (Å²) in [6.45, 7) is 12.4. The summed E-state index contributed by atoms with van der Waals surface area (Å²) >= 11 is 0. The molecule has 0 radical (unpaired) electrons. The van der Waals surface area contributed by atoms with Crippen molar-refractivity contribution >= 4 is 17.9 Å². The van der Waals surface area contributed by atoms with E-state index in [0.717, 1.165) is 154 Å². The minimum absolute atomic E-state index is 0.327. The maximum Gasteiger partial charge on any atom is 0.312 e.